The highest BCUT2D eigenvalue weighted by atomic mass is 16.6. The van der Waals surface area contributed by atoms with Crippen LogP contribution in [0.15, 0.2) is 97.2 Å². The van der Waals surface area contributed by atoms with Gasteiger partial charge in [-0.05, 0) is 96.3 Å². The summed E-state index contributed by atoms with van der Waals surface area (Å²) in [6, 6.07) is 0. The fourth-order valence-electron chi connectivity index (χ4n) is 9.72. The minimum atomic E-state index is -0.808. The number of esters is 3. The number of ether oxygens (including phenoxy) is 3. The normalized spacial score (nSPS) is 12.7. The van der Waals surface area contributed by atoms with Crippen LogP contribution in [0, 0.1) is 0 Å². The fourth-order valence-corrected chi connectivity index (χ4v) is 9.72. The van der Waals surface area contributed by atoms with Crippen molar-refractivity contribution in [2.45, 2.75) is 341 Å². The molecule has 1 unspecified atom stereocenters. The van der Waals surface area contributed by atoms with E-state index in [0.29, 0.717) is 19.3 Å². The number of unbranched alkanes of at least 4 members (excludes halogenated alkanes) is 35. The molecule has 0 saturated heterocycles. The molecule has 0 heterocycles. The maximum atomic E-state index is 12.9. The molecule has 460 valence electrons. The van der Waals surface area contributed by atoms with E-state index in [1.54, 1.807) is 0 Å². The third-order valence-corrected chi connectivity index (χ3v) is 14.8. The lowest BCUT2D eigenvalue weighted by molar-refractivity contribution is -0.167. The predicted molar refractivity (Wildman–Crippen MR) is 348 cm³/mol. The van der Waals surface area contributed by atoms with Crippen molar-refractivity contribution >= 4 is 17.9 Å². The first-order valence-corrected chi connectivity index (χ1v) is 34.2. The van der Waals surface area contributed by atoms with Gasteiger partial charge in [-0.3, -0.25) is 14.4 Å². The second-order valence-electron chi connectivity index (χ2n) is 22.7. The largest absolute Gasteiger partial charge is 0.462 e. The molecule has 0 saturated carbocycles. The topological polar surface area (TPSA) is 78.9 Å². The molecule has 0 aromatic rings. The average Bonchev–Trinajstić information content (AvgIpc) is 3.46. The van der Waals surface area contributed by atoms with E-state index in [1.165, 1.54) is 199 Å². The zero-order valence-electron chi connectivity index (χ0n) is 52.8. The monoisotopic (exact) mass is 1110 g/mol. The lowest BCUT2D eigenvalue weighted by atomic mass is 10.0. The second-order valence-corrected chi connectivity index (χ2v) is 22.7. The van der Waals surface area contributed by atoms with Crippen LogP contribution in [0.25, 0.3) is 0 Å². The molecule has 0 spiro atoms. The van der Waals surface area contributed by atoms with Gasteiger partial charge in [0.2, 0.25) is 0 Å². The molecular weight excluding hydrogens is 985 g/mol. The Morgan fingerprint density at radius 3 is 0.812 bits per heavy atom. The Morgan fingerprint density at radius 1 is 0.263 bits per heavy atom. The molecule has 0 fully saturated rings. The van der Waals surface area contributed by atoms with Gasteiger partial charge in [0, 0.05) is 19.3 Å². The van der Waals surface area contributed by atoms with Gasteiger partial charge in [-0.25, -0.2) is 0 Å². The summed E-state index contributed by atoms with van der Waals surface area (Å²) < 4.78 is 16.9. The van der Waals surface area contributed by atoms with E-state index in [9.17, 15) is 14.4 Å². The van der Waals surface area contributed by atoms with Crippen LogP contribution >= 0.6 is 0 Å². The van der Waals surface area contributed by atoms with Gasteiger partial charge in [0.1, 0.15) is 13.2 Å². The Morgan fingerprint density at radius 2 is 0.500 bits per heavy atom. The summed E-state index contributed by atoms with van der Waals surface area (Å²) in [5.41, 5.74) is 0. The van der Waals surface area contributed by atoms with Gasteiger partial charge < -0.3 is 14.2 Å². The van der Waals surface area contributed by atoms with E-state index in [-0.39, 0.29) is 37.5 Å². The van der Waals surface area contributed by atoms with Crippen molar-refractivity contribution in [1.29, 1.82) is 0 Å². The first kappa shape index (κ1) is 76.3. The predicted octanol–water partition coefficient (Wildman–Crippen LogP) is 23.6. The summed E-state index contributed by atoms with van der Waals surface area (Å²) in [6.45, 7) is 6.52. The molecule has 0 aromatic carbocycles. The van der Waals surface area contributed by atoms with Gasteiger partial charge in [0.15, 0.2) is 6.10 Å². The number of carbonyl (C=O) groups is 3. The SMILES string of the molecule is CC/C=C\C/C=C\C/C=C\C/C=C\C/C=C\C/C=C\C/C=C\CCCC(=O)OC(COC(=O)CCCCCCCCCCCCCCCC)COC(=O)CCCCCCCCCCCCCCC/C=C\CCCCCCCCCC. The van der Waals surface area contributed by atoms with Crippen molar-refractivity contribution < 1.29 is 28.6 Å². The Labute approximate surface area is 496 Å². The molecule has 0 rings (SSSR count). The smallest absolute Gasteiger partial charge is 0.306 e. The van der Waals surface area contributed by atoms with E-state index < -0.39 is 6.10 Å². The highest BCUT2D eigenvalue weighted by Crippen LogP contribution is 2.17. The third-order valence-electron chi connectivity index (χ3n) is 14.8. The summed E-state index contributed by atoms with van der Waals surface area (Å²) >= 11 is 0. The summed E-state index contributed by atoms with van der Waals surface area (Å²) in [7, 11) is 0. The number of carbonyl (C=O) groups excluding carboxylic acids is 3. The molecule has 0 bridgehead atoms. The van der Waals surface area contributed by atoms with Crippen LogP contribution in [0.3, 0.4) is 0 Å². The standard InChI is InChI=1S/C74H128O6/c1-4-7-10-13-16-19-22-25-28-30-32-34-36-37-39-40-42-44-46-49-52-55-58-61-64-67-73(76)79-70-71(69-78-72(75)66-63-60-57-54-51-48-27-24-21-18-15-12-9-6-3)80-74(77)68-65-62-59-56-53-50-47-45-43-41-38-35-33-31-29-26-23-20-17-14-11-8-5-2/h8,11,17,20,26,29-30,32-33,35,41,43,47,50,56,59,71H,4-7,9-10,12-16,18-19,21-25,27-28,31,34,36-40,42,44-46,48-49,51-55,57-58,60-70H2,1-3H3/b11-8-,20-17-,29-26-,32-30-,35-33-,43-41-,50-47-,59-56-. The molecule has 0 N–H and O–H groups in total. The molecule has 0 amide bonds. The van der Waals surface area contributed by atoms with E-state index in [2.05, 4.69) is 118 Å². The molecule has 0 aliphatic rings. The fraction of sp³-hybridized carbons (Fsp3) is 0.743. The summed E-state index contributed by atoms with van der Waals surface area (Å²) in [5, 5.41) is 0. The molecule has 0 radical (unpaired) electrons. The molecule has 0 aliphatic heterocycles. The van der Waals surface area contributed by atoms with Gasteiger partial charge >= 0.3 is 17.9 Å². The molecule has 80 heavy (non-hydrogen) atoms. The number of rotatable bonds is 62. The van der Waals surface area contributed by atoms with E-state index >= 15 is 0 Å². The maximum absolute atomic E-state index is 12.9. The average molecular weight is 1110 g/mol. The zero-order valence-corrected chi connectivity index (χ0v) is 52.8. The minimum Gasteiger partial charge on any atom is -0.462 e. The number of hydrogen-bond acceptors (Lipinski definition) is 6. The molecular formula is C74H128O6. The van der Waals surface area contributed by atoms with Crippen LogP contribution in [0.4, 0.5) is 0 Å². The molecule has 1 atom stereocenters. The summed E-state index contributed by atoms with van der Waals surface area (Å²) in [5.74, 6) is -0.943. The van der Waals surface area contributed by atoms with Crippen molar-refractivity contribution in [3.05, 3.63) is 97.2 Å². The summed E-state index contributed by atoms with van der Waals surface area (Å²) in [6.07, 6.45) is 91.5. The Balaban J connectivity index is 4.39. The van der Waals surface area contributed by atoms with Crippen molar-refractivity contribution in [2.75, 3.05) is 13.2 Å². The van der Waals surface area contributed by atoms with Gasteiger partial charge in [-0.2, -0.15) is 0 Å². The molecule has 0 aromatic heterocycles. The van der Waals surface area contributed by atoms with Crippen molar-refractivity contribution in [3.63, 3.8) is 0 Å². The van der Waals surface area contributed by atoms with E-state index in [1.807, 2.05) is 0 Å². The Kier molecular flexibility index (Phi) is 64.7. The lowest BCUT2D eigenvalue weighted by Gasteiger charge is -2.18. The van der Waals surface area contributed by atoms with E-state index in [4.69, 9.17) is 14.2 Å². The Hall–Kier alpha value is -3.67. The van der Waals surface area contributed by atoms with Crippen LogP contribution < -0.4 is 0 Å². The Bertz CT molecular complexity index is 1560. The minimum absolute atomic E-state index is 0.0976. The molecule has 6 heteroatoms. The van der Waals surface area contributed by atoms with Gasteiger partial charge in [0.25, 0.3) is 0 Å². The van der Waals surface area contributed by atoms with E-state index in [0.717, 1.165) is 89.9 Å². The summed E-state index contributed by atoms with van der Waals surface area (Å²) in [4.78, 5) is 38.4. The van der Waals surface area contributed by atoms with Crippen LogP contribution in [-0.4, -0.2) is 37.2 Å². The van der Waals surface area contributed by atoms with Gasteiger partial charge in [-0.15, -0.1) is 0 Å². The van der Waals surface area contributed by atoms with Crippen LogP contribution in [-0.2, 0) is 28.6 Å². The van der Waals surface area contributed by atoms with Crippen LogP contribution in [0.2, 0.25) is 0 Å². The second kappa shape index (κ2) is 67.8. The molecule has 6 nitrogen and oxygen atoms in total. The van der Waals surface area contributed by atoms with Crippen molar-refractivity contribution in [3.8, 4) is 0 Å². The van der Waals surface area contributed by atoms with Gasteiger partial charge in [0.05, 0.1) is 0 Å². The number of hydrogen-bond donors (Lipinski definition) is 0. The quantitative estimate of drug-likeness (QED) is 0.0261. The highest BCUT2D eigenvalue weighted by molar-refractivity contribution is 5.71. The third kappa shape index (κ3) is 65.1. The lowest BCUT2D eigenvalue weighted by Crippen LogP contribution is -2.30. The highest BCUT2D eigenvalue weighted by Gasteiger charge is 2.19. The first-order valence-electron chi connectivity index (χ1n) is 34.2. The van der Waals surface area contributed by atoms with Crippen LogP contribution in [0.5, 0.6) is 0 Å². The van der Waals surface area contributed by atoms with Crippen molar-refractivity contribution in [2.24, 2.45) is 0 Å². The molecule has 0 aliphatic carbocycles. The number of allylic oxidation sites excluding steroid dienone is 16. The zero-order chi connectivity index (χ0) is 57.8. The maximum Gasteiger partial charge on any atom is 0.306 e. The van der Waals surface area contributed by atoms with Gasteiger partial charge in [-0.1, -0.05) is 317 Å². The van der Waals surface area contributed by atoms with Crippen LogP contribution in [0.1, 0.15) is 335 Å². The first-order chi connectivity index (χ1) is 39.5. The van der Waals surface area contributed by atoms with Crippen molar-refractivity contribution in [1.82, 2.24) is 0 Å².